The van der Waals surface area contributed by atoms with Crippen LogP contribution in [-0.4, -0.2) is 5.78 Å². The molecule has 1 aromatic rings. The van der Waals surface area contributed by atoms with Crippen LogP contribution in [0.3, 0.4) is 0 Å². The number of rotatable bonds is 4. The maximum absolute atomic E-state index is 11.9. The summed E-state index contributed by atoms with van der Waals surface area (Å²) in [5.41, 5.74) is 3.95. The third kappa shape index (κ3) is 5.16. The van der Waals surface area contributed by atoms with Gasteiger partial charge < -0.3 is 0 Å². The van der Waals surface area contributed by atoms with Crippen LogP contribution in [-0.2, 0) is 11.2 Å². The molecule has 0 aliphatic heterocycles. The Balaban J connectivity index is 2.54. The summed E-state index contributed by atoms with van der Waals surface area (Å²) in [6, 6.07) is 6.29. The molecule has 0 saturated carbocycles. The molecule has 0 atom stereocenters. The molecule has 0 N–H and O–H groups in total. The number of hydrogen-bond acceptors (Lipinski definition) is 1. The lowest BCUT2D eigenvalue weighted by molar-refractivity contribution is -0.118. The molecule has 0 heterocycles. The molecule has 0 spiro atoms. The monoisotopic (exact) mass is 232 g/mol. The van der Waals surface area contributed by atoms with Crippen molar-refractivity contribution in [3.63, 3.8) is 0 Å². The zero-order valence-corrected chi connectivity index (χ0v) is 11.8. The zero-order chi connectivity index (χ0) is 13.1. The Hall–Kier alpha value is -1.11. The smallest absolute Gasteiger partial charge is 0.137 e. The van der Waals surface area contributed by atoms with Gasteiger partial charge in [0.2, 0.25) is 0 Å². The lowest BCUT2D eigenvalue weighted by atomic mass is 9.88. The fourth-order valence-corrected chi connectivity index (χ4v) is 1.74. The van der Waals surface area contributed by atoms with Crippen molar-refractivity contribution in [3.05, 3.63) is 34.9 Å². The number of Topliss-reactive ketones (excluding diaryl/α,β-unsaturated/α-hetero) is 1. The van der Waals surface area contributed by atoms with E-state index in [1.54, 1.807) is 0 Å². The van der Waals surface area contributed by atoms with E-state index < -0.39 is 0 Å². The second-order valence-electron chi connectivity index (χ2n) is 6.19. The summed E-state index contributed by atoms with van der Waals surface area (Å²) < 4.78 is 0. The Morgan fingerprint density at radius 2 is 1.76 bits per heavy atom. The average Bonchev–Trinajstić information content (AvgIpc) is 2.20. The van der Waals surface area contributed by atoms with Crippen LogP contribution < -0.4 is 0 Å². The van der Waals surface area contributed by atoms with Gasteiger partial charge in [-0.1, -0.05) is 39.0 Å². The minimum absolute atomic E-state index is 0.249. The molecule has 0 amide bonds. The summed E-state index contributed by atoms with van der Waals surface area (Å²) in [7, 11) is 0. The molecule has 0 radical (unpaired) electrons. The second kappa shape index (κ2) is 5.48. The van der Waals surface area contributed by atoms with E-state index in [4.69, 9.17) is 0 Å². The highest BCUT2D eigenvalue weighted by Crippen LogP contribution is 2.21. The first-order chi connectivity index (χ1) is 7.78. The molecular formula is C16H24O. The van der Waals surface area contributed by atoms with Gasteiger partial charge >= 0.3 is 0 Å². The van der Waals surface area contributed by atoms with Gasteiger partial charge in [-0.2, -0.15) is 0 Å². The van der Waals surface area contributed by atoms with E-state index in [1.165, 1.54) is 11.1 Å². The fraction of sp³-hybridized carbons (Fsp3) is 0.562. The van der Waals surface area contributed by atoms with Crippen molar-refractivity contribution in [2.75, 3.05) is 0 Å². The Labute approximate surface area is 105 Å². The molecule has 17 heavy (non-hydrogen) atoms. The molecule has 94 valence electrons. The number of carbonyl (C=O) groups is 1. The standard InChI is InChI=1S/C16H24O/c1-12-6-7-14(10-13(12)2)11-15(17)8-9-16(3,4)5/h6-7,10H,8-9,11H2,1-5H3. The largest absolute Gasteiger partial charge is 0.299 e. The molecule has 0 aromatic heterocycles. The summed E-state index contributed by atoms with van der Waals surface area (Å²) in [6.07, 6.45) is 2.24. The van der Waals surface area contributed by atoms with Crippen LogP contribution in [0.25, 0.3) is 0 Å². The normalized spacial score (nSPS) is 11.6. The Kier molecular flexibility index (Phi) is 4.50. The number of benzene rings is 1. The van der Waals surface area contributed by atoms with Gasteiger partial charge in [-0.05, 0) is 42.4 Å². The van der Waals surface area contributed by atoms with Gasteiger partial charge in [0, 0.05) is 12.8 Å². The molecule has 1 aromatic carbocycles. The van der Waals surface area contributed by atoms with Crippen molar-refractivity contribution in [1.82, 2.24) is 0 Å². The minimum Gasteiger partial charge on any atom is -0.299 e. The van der Waals surface area contributed by atoms with Gasteiger partial charge in [0.15, 0.2) is 0 Å². The van der Waals surface area contributed by atoms with Crippen LogP contribution in [0.5, 0.6) is 0 Å². The van der Waals surface area contributed by atoms with Crippen LogP contribution in [0, 0.1) is 19.3 Å². The summed E-state index contributed by atoms with van der Waals surface area (Å²) >= 11 is 0. The Morgan fingerprint density at radius 1 is 1.12 bits per heavy atom. The number of hydrogen-bond donors (Lipinski definition) is 0. The third-order valence-corrected chi connectivity index (χ3v) is 3.13. The maximum Gasteiger partial charge on any atom is 0.137 e. The third-order valence-electron chi connectivity index (χ3n) is 3.13. The lowest BCUT2D eigenvalue weighted by Gasteiger charge is -2.17. The predicted molar refractivity (Wildman–Crippen MR) is 73.3 cm³/mol. The molecule has 0 bridgehead atoms. The van der Waals surface area contributed by atoms with Crippen molar-refractivity contribution in [1.29, 1.82) is 0 Å². The van der Waals surface area contributed by atoms with Crippen LogP contribution in [0.15, 0.2) is 18.2 Å². The highest BCUT2D eigenvalue weighted by atomic mass is 16.1. The summed E-state index contributed by atoms with van der Waals surface area (Å²) in [5, 5.41) is 0. The molecule has 0 aliphatic rings. The van der Waals surface area contributed by atoms with Crippen molar-refractivity contribution in [3.8, 4) is 0 Å². The lowest BCUT2D eigenvalue weighted by Crippen LogP contribution is -2.10. The Morgan fingerprint density at radius 3 is 2.29 bits per heavy atom. The molecule has 0 unspecified atom stereocenters. The zero-order valence-electron chi connectivity index (χ0n) is 11.8. The van der Waals surface area contributed by atoms with E-state index >= 15 is 0 Å². The second-order valence-corrected chi connectivity index (χ2v) is 6.19. The number of ketones is 1. The van der Waals surface area contributed by atoms with Crippen molar-refractivity contribution in [2.45, 2.75) is 53.9 Å². The first kappa shape index (κ1) is 14.0. The summed E-state index contributed by atoms with van der Waals surface area (Å²) in [6.45, 7) is 10.7. The van der Waals surface area contributed by atoms with Gasteiger partial charge in [0.25, 0.3) is 0 Å². The molecule has 1 rings (SSSR count). The van der Waals surface area contributed by atoms with E-state index in [9.17, 15) is 4.79 Å². The van der Waals surface area contributed by atoms with Crippen molar-refractivity contribution in [2.24, 2.45) is 5.41 Å². The quantitative estimate of drug-likeness (QED) is 0.758. The topological polar surface area (TPSA) is 17.1 Å². The number of carbonyl (C=O) groups excluding carboxylic acids is 1. The molecule has 0 saturated heterocycles. The number of aryl methyl sites for hydroxylation is 2. The fourth-order valence-electron chi connectivity index (χ4n) is 1.74. The highest BCUT2D eigenvalue weighted by Gasteiger charge is 2.13. The van der Waals surface area contributed by atoms with Gasteiger partial charge in [0.1, 0.15) is 5.78 Å². The highest BCUT2D eigenvalue weighted by molar-refractivity contribution is 5.80. The summed E-state index contributed by atoms with van der Waals surface area (Å²) in [4.78, 5) is 11.9. The van der Waals surface area contributed by atoms with Crippen LogP contribution in [0.4, 0.5) is 0 Å². The Bertz CT molecular complexity index is 396. The summed E-state index contributed by atoms with van der Waals surface area (Å²) in [5.74, 6) is 0.350. The van der Waals surface area contributed by atoms with Crippen LogP contribution in [0.1, 0.15) is 50.3 Å². The minimum atomic E-state index is 0.249. The van der Waals surface area contributed by atoms with Gasteiger partial charge in [-0.3, -0.25) is 4.79 Å². The predicted octanol–water partition coefficient (Wildman–Crippen LogP) is 4.24. The van der Waals surface area contributed by atoms with Crippen LogP contribution >= 0.6 is 0 Å². The van der Waals surface area contributed by atoms with E-state index in [0.29, 0.717) is 18.6 Å². The molecular weight excluding hydrogens is 208 g/mol. The molecule has 0 aliphatic carbocycles. The van der Waals surface area contributed by atoms with Crippen molar-refractivity contribution < 1.29 is 4.79 Å². The van der Waals surface area contributed by atoms with E-state index in [0.717, 1.165) is 12.0 Å². The SMILES string of the molecule is Cc1ccc(CC(=O)CCC(C)(C)C)cc1C. The first-order valence-corrected chi connectivity index (χ1v) is 6.36. The molecule has 0 fully saturated rings. The van der Waals surface area contributed by atoms with Gasteiger partial charge in [-0.25, -0.2) is 0 Å². The molecule has 1 heteroatoms. The first-order valence-electron chi connectivity index (χ1n) is 6.36. The van der Waals surface area contributed by atoms with E-state index in [-0.39, 0.29) is 5.41 Å². The average molecular weight is 232 g/mol. The van der Waals surface area contributed by atoms with E-state index in [2.05, 4.69) is 52.8 Å². The van der Waals surface area contributed by atoms with Gasteiger partial charge in [-0.15, -0.1) is 0 Å². The molecule has 1 nitrogen and oxygen atoms in total. The van der Waals surface area contributed by atoms with Crippen LogP contribution in [0.2, 0.25) is 0 Å². The maximum atomic E-state index is 11.9. The van der Waals surface area contributed by atoms with E-state index in [1.807, 2.05) is 0 Å². The van der Waals surface area contributed by atoms with Crippen molar-refractivity contribution >= 4 is 5.78 Å². The van der Waals surface area contributed by atoms with Gasteiger partial charge in [0.05, 0.1) is 0 Å².